The van der Waals surface area contributed by atoms with Crippen molar-refractivity contribution in [3.05, 3.63) is 71.9 Å². The van der Waals surface area contributed by atoms with Gasteiger partial charge >= 0.3 is 0 Å². The Bertz CT molecular complexity index is 1360. The van der Waals surface area contributed by atoms with Crippen LogP contribution in [0.2, 0.25) is 0 Å². The number of aliphatic hydroxyl groups is 1. The molecule has 8 nitrogen and oxygen atoms in total. The number of hydrogen-bond acceptors (Lipinski definition) is 7. The largest absolute Gasteiger partial charge is 0.390 e. The minimum Gasteiger partial charge on any atom is -0.390 e. The summed E-state index contributed by atoms with van der Waals surface area (Å²) in [7, 11) is 5.98. The molecule has 0 unspecified atom stereocenters. The molecular formula is C26H28N6O2. The number of Topliss-reactive ketones (excluding diaryl/α,β-unsaturated/α-hetero) is 1. The number of ketones is 1. The van der Waals surface area contributed by atoms with Gasteiger partial charge in [-0.3, -0.25) is 14.5 Å². The average molecular weight is 457 g/mol. The van der Waals surface area contributed by atoms with Gasteiger partial charge in [-0.05, 0) is 49.3 Å². The summed E-state index contributed by atoms with van der Waals surface area (Å²) >= 11 is 0. The second-order valence-electron chi connectivity index (χ2n) is 9.05. The second-order valence-corrected chi connectivity index (χ2v) is 9.05. The predicted octanol–water partition coefficient (Wildman–Crippen LogP) is 2.70. The van der Waals surface area contributed by atoms with Gasteiger partial charge in [0.15, 0.2) is 5.78 Å². The molecule has 174 valence electrons. The van der Waals surface area contributed by atoms with Crippen LogP contribution < -0.4 is 4.90 Å². The van der Waals surface area contributed by atoms with Crippen molar-refractivity contribution < 1.29 is 9.90 Å². The van der Waals surface area contributed by atoms with Gasteiger partial charge in [-0.15, -0.1) is 0 Å². The third-order valence-corrected chi connectivity index (χ3v) is 6.63. The van der Waals surface area contributed by atoms with Gasteiger partial charge in [-0.25, -0.2) is 4.98 Å². The SMILES string of the molecule is CN(C)C1CN(c2cc(C(=O)Cc3cc4cc(-c5cnn(C)c5CO)ccc4cn3)ccn2)C1. The lowest BCUT2D eigenvalue weighted by Gasteiger charge is -2.43. The molecule has 0 aliphatic carbocycles. The van der Waals surface area contributed by atoms with Gasteiger partial charge in [-0.2, -0.15) is 5.10 Å². The van der Waals surface area contributed by atoms with Gasteiger partial charge in [0.25, 0.3) is 0 Å². The van der Waals surface area contributed by atoms with Gasteiger partial charge in [-0.1, -0.05) is 12.1 Å². The molecule has 0 saturated carbocycles. The molecule has 3 aromatic heterocycles. The van der Waals surface area contributed by atoms with Gasteiger partial charge in [0.2, 0.25) is 0 Å². The van der Waals surface area contributed by atoms with E-state index in [1.807, 2.05) is 31.3 Å². The summed E-state index contributed by atoms with van der Waals surface area (Å²) < 4.78 is 1.68. The first-order valence-corrected chi connectivity index (χ1v) is 11.3. The van der Waals surface area contributed by atoms with E-state index in [2.05, 4.69) is 45.0 Å². The Balaban J connectivity index is 1.36. The Morgan fingerprint density at radius 2 is 1.91 bits per heavy atom. The molecule has 4 heterocycles. The maximum absolute atomic E-state index is 13.0. The summed E-state index contributed by atoms with van der Waals surface area (Å²) in [5.74, 6) is 0.863. The smallest absolute Gasteiger partial charge is 0.169 e. The lowest BCUT2D eigenvalue weighted by molar-refractivity contribution is 0.0992. The summed E-state index contributed by atoms with van der Waals surface area (Å²) in [6, 6.07) is 12.2. The zero-order chi connectivity index (χ0) is 23.8. The molecule has 0 radical (unpaired) electrons. The minimum absolute atomic E-state index is 0.0196. The van der Waals surface area contributed by atoms with Crippen molar-refractivity contribution in [2.75, 3.05) is 32.1 Å². The number of nitrogens with zero attached hydrogens (tertiary/aromatic N) is 6. The van der Waals surface area contributed by atoms with Crippen molar-refractivity contribution in [3.63, 3.8) is 0 Å². The summed E-state index contributed by atoms with van der Waals surface area (Å²) in [6.45, 7) is 1.75. The Hall–Kier alpha value is -3.62. The maximum atomic E-state index is 13.0. The lowest BCUT2D eigenvalue weighted by atomic mass is 10.0. The third kappa shape index (κ3) is 4.18. The van der Waals surface area contributed by atoms with Gasteiger partial charge < -0.3 is 14.9 Å². The molecule has 0 amide bonds. The first kappa shape index (κ1) is 22.2. The molecule has 1 saturated heterocycles. The van der Waals surface area contributed by atoms with Crippen LogP contribution in [0.4, 0.5) is 5.82 Å². The molecule has 34 heavy (non-hydrogen) atoms. The Labute approximate surface area is 198 Å². The van der Waals surface area contributed by atoms with E-state index in [0.717, 1.165) is 52.2 Å². The number of aliphatic hydroxyl groups excluding tert-OH is 1. The van der Waals surface area contributed by atoms with E-state index in [9.17, 15) is 9.90 Å². The quantitative estimate of drug-likeness (QED) is 0.428. The fraction of sp³-hybridized carbons (Fsp3) is 0.308. The molecule has 1 N–H and O–H groups in total. The minimum atomic E-state index is -0.0822. The fourth-order valence-corrected chi connectivity index (χ4v) is 4.34. The van der Waals surface area contributed by atoms with Crippen LogP contribution in [0.25, 0.3) is 21.9 Å². The number of pyridine rings is 2. The van der Waals surface area contributed by atoms with E-state index in [0.29, 0.717) is 11.6 Å². The summed E-state index contributed by atoms with van der Waals surface area (Å²) in [6.07, 6.45) is 5.49. The Kier molecular flexibility index (Phi) is 5.85. The first-order chi connectivity index (χ1) is 16.4. The van der Waals surface area contributed by atoms with Crippen molar-refractivity contribution in [3.8, 4) is 11.1 Å². The van der Waals surface area contributed by atoms with Crippen molar-refractivity contribution in [2.24, 2.45) is 7.05 Å². The van der Waals surface area contributed by atoms with Crippen molar-refractivity contribution in [1.29, 1.82) is 0 Å². The molecule has 0 bridgehead atoms. The number of rotatable bonds is 7. The average Bonchev–Trinajstić information content (AvgIpc) is 3.18. The number of carbonyl (C=O) groups is 1. The molecule has 1 fully saturated rings. The Morgan fingerprint density at radius 1 is 1.09 bits per heavy atom. The number of fused-ring (bicyclic) bond motifs is 1. The number of hydrogen-bond donors (Lipinski definition) is 1. The Morgan fingerprint density at radius 3 is 2.68 bits per heavy atom. The van der Waals surface area contributed by atoms with Crippen LogP contribution in [0.15, 0.2) is 55.0 Å². The van der Waals surface area contributed by atoms with Crippen LogP contribution in [0.5, 0.6) is 0 Å². The normalized spacial score (nSPS) is 14.1. The van der Waals surface area contributed by atoms with E-state index in [1.165, 1.54) is 0 Å². The molecule has 5 rings (SSSR count). The van der Waals surface area contributed by atoms with Crippen LogP contribution >= 0.6 is 0 Å². The molecule has 0 atom stereocenters. The van der Waals surface area contributed by atoms with Crippen LogP contribution in [0.1, 0.15) is 21.7 Å². The van der Waals surface area contributed by atoms with Crippen molar-refractivity contribution in [1.82, 2.24) is 24.6 Å². The lowest BCUT2D eigenvalue weighted by Crippen LogP contribution is -2.57. The van der Waals surface area contributed by atoms with E-state index in [4.69, 9.17) is 0 Å². The molecule has 4 aromatic rings. The molecule has 8 heteroatoms. The molecule has 1 aromatic carbocycles. The van der Waals surface area contributed by atoms with Gasteiger partial charge in [0, 0.05) is 60.8 Å². The first-order valence-electron chi connectivity index (χ1n) is 11.3. The molecular weight excluding hydrogens is 428 g/mol. The number of aryl methyl sites for hydroxylation is 1. The zero-order valence-corrected chi connectivity index (χ0v) is 19.6. The van der Waals surface area contributed by atoms with Gasteiger partial charge in [0.05, 0.1) is 24.9 Å². The monoisotopic (exact) mass is 456 g/mol. The molecule has 1 aliphatic heterocycles. The maximum Gasteiger partial charge on any atom is 0.169 e. The standard InChI is InChI=1S/C26H28N6O2/c1-30(2)22-14-32(15-22)26-10-18(6-7-27-26)25(34)11-21-9-20-8-17(4-5-19(20)12-28-21)23-13-29-31(3)24(23)16-33/h4-10,12-13,22,33H,11,14-16H2,1-3H3. The van der Waals surface area contributed by atoms with E-state index >= 15 is 0 Å². The van der Waals surface area contributed by atoms with E-state index in [-0.39, 0.29) is 18.8 Å². The van der Waals surface area contributed by atoms with E-state index < -0.39 is 0 Å². The number of anilines is 1. The summed E-state index contributed by atoms with van der Waals surface area (Å²) in [5, 5.41) is 16.0. The van der Waals surface area contributed by atoms with E-state index in [1.54, 1.807) is 29.3 Å². The van der Waals surface area contributed by atoms with Crippen molar-refractivity contribution in [2.45, 2.75) is 19.1 Å². The highest BCUT2D eigenvalue weighted by atomic mass is 16.3. The van der Waals surface area contributed by atoms with Crippen LogP contribution in [0, 0.1) is 0 Å². The molecule has 0 spiro atoms. The number of benzene rings is 1. The number of likely N-dealkylation sites (N-methyl/N-ethyl adjacent to an activating group) is 1. The number of carbonyl (C=O) groups excluding carboxylic acids is 1. The van der Waals surface area contributed by atoms with Gasteiger partial charge in [0.1, 0.15) is 5.82 Å². The summed E-state index contributed by atoms with van der Waals surface area (Å²) in [4.78, 5) is 26.4. The number of aromatic nitrogens is 4. The molecule has 1 aliphatic rings. The topological polar surface area (TPSA) is 87.4 Å². The highest BCUT2D eigenvalue weighted by Gasteiger charge is 2.29. The predicted molar refractivity (Wildman–Crippen MR) is 132 cm³/mol. The zero-order valence-electron chi connectivity index (χ0n) is 19.6. The third-order valence-electron chi connectivity index (χ3n) is 6.63. The second kappa shape index (κ2) is 8.96. The van der Waals surface area contributed by atoms with Crippen LogP contribution in [-0.4, -0.2) is 68.8 Å². The highest BCUT2D eigenvalue weighted by Crippen LogP contribution is 2.28. The van der Waals surface area contributed by atoms with Crippen LogP contribution in [0.3, 0.4) is 0 Å². The van der Waals surface area contributed by atoms with Crippen LogP contribution in [-0.2, 0) is 20.1 Å². The van der Waals surface area contributed by atoms with Crippen molar-refractivity contribution >= 4 is 22.4 Å². The highest BCUT2D eigenvalue weighted by molar-refractivity contribution is 5.98. The summed E-state index contributed by atoms with van der Waals surface area (Å²) in [5.41, 5.74) is 4.00. The fourth-order valence-electron chi connectivity index (χ4n) is 4.34.